The molecule has 2 rings (SSSR count). The van der Waals surface area contributed by atoms with Crippen molar-refractivity contribution in [2.75, 3.05) is 0 Å². The van der Waals surface area contributed by atoms with Crippen molar-refractivity contribution < 1.29 is 0 Å². The van der Waals surface area contributed by atoms with E-state index < -0.39 is 0 Å². The van der Waals surface area contributed by atoms with Crippen LogP contribution in [0, 0.1) is 6.92 Å². The van der Waals surface area contributed by atoms with Gasteiger partial charge in [0.1, 0.15) is 0 Å². The zero-order valence-electron chi connectivity index (χ0n) is 9.77. The van der Waals surface area contributed by atoms with Crippen LogP contribution < -0.4 is 0 Å². The maximum absolute atomic E-state index is 2.19. The summed E-state index contributed by atoms with van der Waals surface area (Å²) in [5.41, 5.74) is 5.01. The summed E-state index contributed by atoms with van der Waals surface area (Å²) in [6.45, 7) is 4.24. The van der Waals surface area contributed by atoms with Crippen LogP contribution in [0.2, 0.25) is 0 Å². The van der Waals surface area contributed by atoms with Crippen molar-refractivity contribution >= 4 is 12.2 Å². The van der Waals surface area contributed by atoms with Gasteiger partial charge >= 0.3 is 0 Å². The van der Waals surface area contributed by atoms with E-state index in [2.05, 4.69) is 74.5 Å². The Morgan fingerprint density at radius 2 is 1.50 bits per heavy atom. The molecular weight excluding hydrogens is 192 g/mol. The highest BCUT2D eigenvalue weighted by Crippen LogP contribution is 2.13. The number of allylic oxidation sites excluding steroid dienone is 2. The molecule has 0 radical (unpaired) electrons. The van der Waals surface area contributed by atoms with Gasteiger partial charge in [0, 0.05) is 0 Å². The van der Waals surface area contributed by atoms with Gasteiger partial charge in [-0.15, -0.1) is 0 Å². The third-order valence-corrected chi connectivity index (χ3v) is 2.55. The second kappa shape index (κ2) is 4.80. The lowest BCUT2D eigenvalue weighted by Gasteiger charge is -1.99. The SMILES string of the molecule is CC1=C/c2ccccc(C)cc(cc2)/C=C\1. The van der Waals surface area contributed by atoms with Crippen LogP contribution in [0.1, 0.15) is 23.6 Å². The molecule has 80 valence electrons. The van der Waals surface area contributed by atoms with Crippen molar-refractivity contribution in [1.29, 1.82) is 0 Å². The Labute approximate surface area is 97.3 Å². The molecule has 0 aliphatic heterocycles. The van der Waals surface area contributed by atoms with Crippen molar-refractivity contribution in [3.8, 4) is 0 Å². The minimum atomic E-state index is 1.23. The standard InChI is InChI=1S/C16H16/c1-13-5-3-4-6-15-9-10-16(11-13)8-7-14(2)12-15/h3-12H,1-2H3/b4-3?,5-3?,6-4?,8-7-,10-9?,13-5?,13-11?,14-7?,14-12-,15-6?,15-9?,15-12?,16-8?,16-10?,16-11?. The Balaban J connectivity index is 2.72. The van der Waals surface area contributed by atoms with Gasteiger partial charge in [0.05, 0.1) is 0 Å². The molecule has 0 fully saturated rings. The Morgan fingerprint density at radius 3 is 2.38 bits per heavy atom. The molecular formula is C16H16. The molecule has 1 aromatic rings. The molecule has 0 saturated heterocycles. The van der Waals surface area contributed by atoms with E-state index in [0.717, 1.165) is 0 Å². The molecule has 0 unspecified atom stereocenters. The lowest BCUT2D eigenvalue weighted by atomic mass is 10.1. The van der Waals surface area contributed by atoms with Crippen molar-refractivity contribution in [3.05, 3.63) is 70.8 Å². The Hall–Kier alpha value is -1.82. The highest BCUT2D eigenvalue weighted by Gasteiger charge is 1.91. The van der Waals surface area contributed by atoms with Crippen LogP contribution in [0.25, 0.3) is 12.2 Å². The van der Waals surface area contributed by atoms with E-state index in [0.29, 0.717) is 0 Å². The van der Waals surface area contributed by atoms with Crippen LogP contribution in [0.15, 0.2) is 54.1 Å². The number of fused-ring (bicyclic) bond motifs is 3. The van der Waals surface area contributed by atoms with Crippen LogP contribution in [0.5, 0.6) is 0 Å². The van der Waals surface area contributed by atoms with Crippen molar-refractivity contribution in [1.82, 2.24) is 0 Å². The van der Waals surface area contributed by atoms with Gasteiger partial charge in [-0.3, -0.25) is 0 Å². The molecule has 2 bridgehead atoms. The first-order valence-corrected chi connectivity index (χ1v) is 5.55. The van der Waals surface area contributed by atoms with E-state index in [1.165, 1.54) is 22.3 Å². The Kier molecular flexibility index (Phi) is 3.21. The fourth-order valence-electron chi connectivity index (χ4n) is 1.72. The highest BCUT2D eigenvalue weighted by molar-refractivity contribution is 5.63. The van der Waals surface area contributed by atoms with Gasteiger partial charge in [-0.2, -0.15) is 0 Å². The third kappa shape index (κ3) is 2.83. The van der Waals surface area contributed by atoms with E-state index >= 15 is 0 Å². The average Bonchev–Trinajstić information content (AvgIpc) is 2.24. The normalized spacial score (nSPS) is 17.8. The first-order valence-electron chi connectivity index (χ1n) is 5.55. The molecule has 0 saturated carbocycles. The van der Waals surface area contributed by atoms with E-state index in [-0.39, 0.29) is 0 Å². The maximum Gasteiger partial charge on any atom is -0.0254 e. The predicted octanol–water partition coefficient (Wildman–Crippen LogP) is 4.55. The van der Waals surface area contributed by atoms with Crippen molar-refractivity contribution in [3.63, 3.8) is 0 Å². The first kappa shape index (κ1) is 10.7. The zero-order valence-corrected chi connectivity index (χ0v) is 9.77. The maximum atomic E-state index is 2.19. The molecule has 0 atom stereocenters. The van der Waals surface area contributed by atoms with Gasteiger partial charge in [0.25, 0.3) is 0 Å². The monoisotopic (exact) mass is 208 g/mol. The summed E-state index contributed by atoms with van der Waals surface area (Å²) in [6, 6.07) is 14.9. The predicted molar refractivity (Wildman–Crippen MR) is 71.5 cm³/mol. The van der Waals surface area contributed by atoms with Crippen LogP contribution >= 0.6 is 0 Å². The summed E-state index contributed by atoms with van der Waals surface area (Å²) >= 11 is 0. The number of hydrogen-bond acceptors (Lipinski definition) is 0. The highest BCUT2D eigenvalue weighted by atomic mass is 14.0. The smallest absolute Gasteiger partial charge is 0.0254 e. The Morgan fingerprint density at radius 1 is 0.750 bits per heavy atom. The van der Waals surface area contributed by atoms with Crippen molar-refractivity contribution in [2.45, 2.75) is 13.8 Å². The molecule has 0 spiro atoms. The number of aryl methyl sites for hydroxylation is 1. The van der Waals surface area contributed by atoms with Crippen molar-refractivity contribution in [2.24, 2.45) is 0 Å². The molecule has 0 heteroatoms. The average molecular weight is 208 g/mol. The molecule has 0 amide bonds. The lowest BCUT2D eigenvalue weighted by Crippen LogP contribution is -1.78. The summed E-state index contributed by atoms with van der Waals surface area (Å²) in [6.07, 6.45) is 6.50. The van der Waals surface area contributed by atoms with Gasteiger partial charge in [-0.1, -0.05) is 71.8 Å². The van der Waals surface area contributed by atoms with Gasteiger partial charge in [-0.05, 0) is 25.0 Å². The van der Waals surface area contributed by atoms with Crippen LogP contribution in [0.3, 0.4) is 0 Å². The molecule has 0 N–H and O–H groups in total. The summed E-state index contributed by atoms with van der Waals surface area (Å²) in [7, 11) is 0. The molecule has 1 aliphatic rings. The summed E-state index contributed by atoms with van der Waals surface area (Å²) in [4.78, 5) is 0. The van der Waals surface area contributed by atoms with E-state index in [4.69, 9.17) is 0 Å². The fourth-order valence-corrected chi connectivity index (χ4v) is 1.72. The van der Waals surface area contributed by atoms with Crippen LogP contribution in [-0.4, -0.2) is 0 Å². The summed E-state index contributed by atoms with van der Waals surface area (Å²) in [5, 5.41) is 0. The first-order chi connectivity index (χ1) is 7.74. The largest absolute Gasteiger partial charge is 0.0620 e. The van der Waals surface area contributed by atoms with Crippen LogP contribution in [-0.2, 0) is 0 Å². The molecule has 0 aromatic heterocycles. The second-order valence-electron chi connectivity index (χ2n) is 4.16. The molecule has 1 aliphatic carbocycles. The summed E-state index contributed by atoms with van der Waals surface area (Å²) in [5.74, 6) is 0. The number of hydrogen-bond donors (Lipinski definition) is 0. The molecule has 0 nitrogen and oxygen atoms in total. The second-order valence-corrected chi connectivity index (χ2v) is 4.16. The van der Waals surface area contributed by atoms with Gasteiger partial charge in [-0.25, -0.2) is 0 Å². The van der Waals surface area contributed by atoms with E-state index in [9.17, 15) is 0 Å². The topological polar surface area (TPSA) is 0 Å². The molecule has 0 heterocycles. The van der Waals surface area contributed by atoms with Crippen LogP contribution in [0.4, 0.5) is 0 Å². The van der Waals surface area contributed by atoms with Gasteiger partial charge in [0.15, 0.2) is 0 Å². The third-order valence-electron chi connectivity index (χ3n) is 2.55. The van der Waals surface area contributed by atoms with E-state index in [1.54, 1.807) is 0 Å². The fraction of sp³-hybridized carbons (Fsp3) is 0.125. The quantitative estimate of drug-likeness (QED) is 0.586. The minimum absolute atomic E-state index is 1.23. The zero-order chi connectivity index (χ0) is 11.4. The molecule has 1 aromatic carbocycles. The Bertz CT molecular complexity index is 503. The van der Waals surface area contributed by atoms with Gasteiger partial charge in [0.2, 0.25) is 0 Å². The lowest BCUT2D eigenvalue weighted by molar-refractivity contribution is 1.47. The van der Waals surface area contributed by atoms with E-state index in [1.807, 2.05) is 0 Å². The van der Waals surface area contributed by atoms with Gasteiger partial charge < -0.3 is 0 Å². The molecule has 16 heavy (non-hydrogen) atoms. The number of rotatable bonds is 0. The summed E-state index contributed by atoms with van der Waals surface area (Å²) < 4.78 is 0. The minimum Gasteiger partial charge on any atom is -0.0620 e.